The van der Waals surface area contributed by atoms with Crippen LogP contribution >= 0.6 is 22.9 Å². The average Bonchev–Trinajstić information content (AvgIpc) is 3.09. The second-order valence-corrected chi connectivity index (χ2v) is 5.69. The number of benzene rings is 1. The van der Waals surface area contributed by atoms with Gasteiger partial charge in [0.1, 0.15) is 0 Å². The lowest BCUT2D eigenvalue weighted by molar-refractivity contribution is 0.384. The van der Waals surface area contributed by atoms with E-state index in [9.17, 15) is 0 Å². The van der Waals surface area contributed by atoms with Crippen molar-refractivity contribution in [3.8, 4) is 10.7 Å². The van der Waals surface area contributed by atoms with Crippen LogP contribution in [0.3, 0.4) is 0 Å². The Kier molecular flexibility index (Phi) is 3.71. The Hall–Kier alpha value is -1.85. The first-order valence-electron chi connectivity index (χ1n) is 6.09. The van der Waals surface area contributed by atoms with Crippen LogP contribution in [0.5, 0.6) is 0 Å². The summed E-state index contributed by atoms with van der Waals surface area (Å²) in [5, 5.41) is 9.90. The van der Waals surface area contributed by atoms with E-state index in [2.05, 4.69) is 15.5 Å². The van der Waals surface area contributed by atoms with E-state index >= 15 is 0 Å². The molecule has 2 heterocycles. The monoisotopic (exact) mass is 305 g/mol. The summed E-state index contributed by atoms with van der Waals surface area (Å²) in [5.41, 5.74) is 2.08. The van der Waals surface area contributed by atoms with E-state index in [0.717, 1.165) is 16.1 Å². The molecule has 1 N–H and O–H groups in total. The normalized spacial score (nSPS) is 10.7. The molecule has 0 fully saturated rings. The van der Waals surface area contributed by atoms with Crippen molar-refractivity contribution in [3.05, 3.63) is 52.2 Å². The van der Waals surface area contributed by atoms with E-state index in [1.807, 2.05) is 42.6 Å². The van der Waals surface area contributed by atoms with Gasteiger partial charge < -0.3 is 9.84 Å². The SMILES string of the molecule is Cc1ccc(Cl)cc1NCc1nc(-c2cccs2)no1. The fourth-order valence-corrected chi connectivity index (χ4v) is 2.61. The summed E-state index contributed by atoms with van der Waals surface area (Å²) in [6.45, 7) is 2.49. The summed E-state index contributed by atoms with van der Waals surface area (Å²) in [7, 11) is 0. The summed E-state index contributed by atoms with van der Waals surface area (Å²) < 4.78 is 5.23. The van der Waals surface area contributed by atoms with Crippen LogP contribution in [0.15, 0.2) is 40.2 Å². The summed E-state index contributed by atoms with van der Waals surface area (Å²) in [5.74, 6) is 1.17. The molecule has 0 aliphatic carbocycles. The van der Waals surface area contributed by atoms with Gasteiger partial charge >= 0.3 is 0 Å². The van der Waals surface area contributed by atoms with E-state index in [4.69, 9.17) is 16.1 Å². The van der Waals surface area contributed by atoms with Crippen molar-refractivity contribution in [3.63, 3.8) is 0 Å². The summed E-state index contributed by atoms with van der Waals surface area (Å²) in [4.78, 5) is 5.36. The molecule has 102 valence electrons. The second kappa shape index (κ2) is 5.64. The van der Waals surface area contributed by atoms with Gasteiger partial charge in [-0.15, -0.1) is 11.3 Å². The number of hydrogen-bond acceptors (Lipinski definition) is 5. The second-order valence-electron chi connectivity index (χ2n) is 4.30. The standard InChI is InChI=1S/C14H12ClN3OS/c1-9-4-5-10(15)7-11(9)16-8-13-17-14(18-19-13)12-3-2-6-20-12/h2-7,16H,8H2,1H3. The lowest BCUT2D eigenvalue weighted by Gasteiger charge is -2.07. The van der Waals surface area contributed by atoms with Crippen molar-refractivity contribution in [1.29, 1.82) is 0 Å². The minimum Gasteiger partial charge on any atom is -0.376 e. The van der Waals surface area contributed by atoms with Crippen LogP contribution in [-0.2, 0) is 6.54 Å². The van der Waals surface area contributed by atoms with Crippen molar-refractivity contribution < 1.29 is 4.52 Å². The maximum atomic E-state index is 5.98. The molecule has 0 amide bonds. The highest BCUT2D eigenvalue weighted by molar-refractivity contribution is 7.13. The summed E-state index contributed by atoms with van der Waals surface area (Å²) in [6.07, 6.45) is 0. The van der Waals surface area contributed by atoms with Crippen molar-refractivity contribution >= 4 is 28.6 Å². The topological polar surface area (TPSA) is 51.0 Å². The third-order valence-electron chi connectivity index (χ3n) is 2.84. The molecular formula is C14H12ClN3OS. The predicted octanol–water partition coefficient (Wildman–Crippen LogP) is 4.37. The van der Waals surface area contributed by atoms with Gasteiger partial charge in [0.05, 0.1) is 11.4 Å². The van der Waals surface area contributed by atoms with Gasteiger partial charge in [-0.2, -0.15) is 4.98 Å². The van der Waals surface area contributed by atoms with Crippen molar-refractivity contribution in [2.24, 2.45) is 0 Å². The lowest BCUT2D eigenvalue weighted by Crippen LogP contribution is -2.01. The van der Waals surface area contributed by atoms with Crippen LogP contribution in [0.1, 0.15) is 11.5 Å². The van der Waals surface area contributed by atoms with Gasteiger partial charge in [0.25, 0.3) is 0 Å². The van der Waals surface area contributed by atoms with Gasteiger partial charge in [-0.25, -0.2) is 0 Å². The first-order chi connectivity index (χ1) is 9.72. The quantitative estimate of drug-likeness (QED) is 0.777. The zero-order valence-corrected chi connectivity index (χ0v) is 12.3. The predicted molar refractivity (Wildman–Crippen MR) is 81.1 cm³/mol. The minimum absolute atomic E-state index is 0.472. The Balaban J connectivity index is 1.71. The van der Waals surface area contributed by atoms with E-state index in [-0.39, 0.29) is 0 Å². The number of nitrogens with zero attached hydrogens (tertiary/aromatic N) is 2. The smallest absolute Gasteiger partial charge is 0.246 e. The van der Waals surface area contributed by atoms with Gasteiger partial charge in [-0.3, -0.25) is 0 Å². The molecule has 3 rings (SSSR count). The molecule has 0 bridgehead atoms. The van der Waals surface area contributed by atoms with Crippen LogP contribution < -0.4 is 5.32 Å². The van der Waals surface area contributed by atoms with E-state index in [1.54, 1.807) is 11.3 Å². The number of halogens is 1. The highest BCUT2D eigenvalue weighted by Crippen LogP contribution is 2.23. The molecule has 0 unspecified atom stereocenters. The molecule has 0 saturated carbocycles. The summed E-state index contributed by atoms with van der Waals surface area (Å²) in [6, 6.07) is 9.64. The van der Waals surface area contributed by atoms with E-state index in [0.29, 0.717) is 23.3 Å². The fourth-order valence-electron chi connectivity index (χ4n) is 1.79. The molecule has 3 aromatic rings. The van der Waals surface area contributed by atoms with Crippen LogP contribution in [0.25, 0.3) is 10.7 Å². The molecule has 4 nitrogen and oxygen atoms in total. The van der Waals surface area contributed by atoms with Crippen LogP contribution in [0, 0.1) is 6.92 Å². The maximum absolute atomic E-state index is 5.98. The summed E-state index contributed by atoms with van der Waals surface area (Å²) >= 11 is 7.57. The van der Waals surface area contributed by atoms with Gasteiger partial charge in [0.2, 0.25) is 11.7 Å². The molecule has 0 spiro atoms. The molecule has 2 aromatic heterocycles. The molecule has 0 atom stereocenters. The van der Waals surface area contributed by atoms with Gasteiger partial charge in [0, 0.05) is 10.7 Å². The molecular weight excluding hydrogens is 294 g/mol. The lowest BCUT2D eigenvalue weighted by atomic mass is 10.2. The number of thiophene rings is 1. The molecule has 0 saturated heterocycles. The molecule has 0 aliphatic rings. The minimum atomic E-state index is 0.472. The van der Waals surface area contributed by atoms with Crippen molar-refractivity contribution in [1.82, 2.24) is 10.1 Å². The van der Waals surface area contributed by atoms with Crippen molar-refractivity contribution in [2.75, 3.05) is 5.32 Å². The van der Waals surface area contributed by atoms with Gasteiger partial charge in [-0.1, -0.05) is 28.9 Å². The molecule has 20 heavy (non-hydrogen) atoms. The molecule has 0 aliphatic heterocycles. The first kappa shape index (κ1) is 13.1. The third kappa shape index (κ3) is 2.84. The largest absolute Gasteiger partial charge is 0.376 e. The number of aromatic nitrogens is 2. The Bertz CT molecular complexity index is 709. The zero-order valence-electron chi connectivity index (χ0n) is 10.8. The number of aryl methyl sites for hydroxylation is 1. The van der Waals surface area contributed by atoms with Crippen LogP contribution in [-0.4, -0.2) is 10.1 Å². The molecule has 1 aromatic carbocycles. The number of anilines is 1. The number of rotatable bonds is 4. The fraction of sp³-hybridized carbons (Fsp3) is 0.143. The average molecular weight is 306 g/mol. The van der Waals surface area contributed by atoms with Crippen molar-refractivity contribution in [2.45, 2.75) is 13.5 Å². The number of nitrogens with one attached hydrogen (secondary N) is 1. The number of hydrogen-bond donors (Lipinski definition) is 1. The third-order valence-corrected chi connectivity index (χ3v) is 3.94. The molecule has 0 radical (unpaired) electrons. The van der Waals surface area contributed by atoms with Gasteiger partial charge in [0.15, 0.2) is 0 Å². The molecule has 6 heteroatoms. The zero-order chi connectivity index (χ0) is 13.9. The highest BCUT2D eigenvalue weighted by Gasteiger charge is 2.09. The highest BCUT2D eigenvalue weighted by atomic mass is 35.5. The Morgan fingerprint density at radius 3 is 3.05 bits per heavy atom. The Morgan fingerprint density at radius 1 is 1.35 bits per heavy atom. The van der Waals surface area contributed by atoms with E-state index in [1.165, 1.54) is 0 Å². The Labute approximate surface area is 125 Å². The Morgan fingerprint density at radius 2 is 2.25 bits per heavy atom. The first-order valence-corrected chi connectivity index (χ1v) is 7.34. The van der Waals surface area contributed by atoms with Crippen LogP contribution in [0.2, 0.25) is 5.02 Å². The van der Waals surface area contributed by atoms with Gasteiger partial charge in [-0.05, 0) is 36.1 Å². The van der Waals surface area contributed by atoms with Crippen LogP contribution in [0.4, 0.5) is 5.69 Å². The maximum Gasteiger partial charge on any atom is 0.246 e. The van der Waals surface area contributed by atoms with E-state index < -0.39 is 0 Å².